The first-order valence-electron chi connectivity index (χ1n) is 8.71. The number of hydrogen-bond acceptors (Lipinski definition) is 2. The van der Waals surface area contributed by atoms with E-state index < -0.39 is 0 Å². The number of unbranched alkanes of at least 4 members (excludes halogenated alkanes) is 3. The second kappa shape index (κ2) is 7.95. The van der Waals surface area contributed by atoms with Crippen LogP contribution in [0.3, 0.4) is 0 Å². The fourth-order valence-corrected chi connectivity index (χ4v) is 3.53. The van der Waals surface area contributed by atoms with Crippen LogP contribution < -0.4 is 5.73 Å². The Bertz CT molecular complexity index is 402. The maximum absolute atomic E-state index is 6.17. The predicted molar refractivity (Wildman–Crippen MR) is 91.6 cm³/mol. The van der Waals surface area contributed by atoms with Gasteiger partial charge in [0.05, 0.1) is 0 Å². The van der Waals surface area contributed by atoms with Crippen molar-refractivity contribution in [1.82, 2.24) is 4.90 Å². The van der Waals surface area contributed by atoms with Crippen LogP contribution in [0.15, 0.2) is 24.3 Å². The van der Waals surface area contributed by atoms with Gasteiger partial charge in [-0.25, -0.2) is 0 Å². The van der Waals surface area contributed by atoms with Crippen LogP contribution in [0.25, 0.3) is 0 Å². The van der Waals surface area contributed by atoms with E-state index in [0.29, 0.717) is 0 Å². The summed E-state index contributed by atoms with van der Waals surface area (Å²) < 4.78 is 0. The smallest absolute Gasteiger partial charge is 0.0303 e. The maximum atomic E-state index is 6.17. The van der Waals surface area contributed by atoms with E-state index in [4.69, 9.17) is 5.73 Å². The summed E-state index contributed by atoms with van der Waals surface area (Å²) in [5.74, 6) is 0. The van der Waals surface area contributed by atoms with E-state index in [-0.39, 0.29) is 5.54 Å². The molecule has 1 heterocycles. The molecule has 0 aliphatic carbocycles. The molecular formula is C19H32N2. The molecule has 1 aliphatic rings. The minimum absolute atomic E-state index is 0.176. The number of nitrogens with two attached hydrogens (primary N) is 1. The van der Waals surface area contributed by atoms with Gasteiger partial charge in [-0.1, -0.05) is 56.9 Å². The molecule has 1 atom stereocenters. The third kappa shape index (κ3) is 4.31. The zero-order valence-electron chi connectivity index (χ0n) is 13.9. The van der Waals surface area contributed by atoms with Crippen molar-refractivity contribution in [2.75, 3.05) is 19.6 Å². The fourth-order valence-electron chi connectivity index (χ4n) is 3.53. The van der Waals surface area contributed by atoms with E-state index in [2.05, 4.69) is 43.0 Å². The highest BCUT2D eigenvalue weighted by Crippen LogP contribution is 2.26. The van der Waals surface area contributed by atoms with Crippen molar-refractivity contribution in [2.24, 2.45) is 5.73 Å². The van der Waals surface area contributed by atoms with Crippen LogP contribution in [0.5, 0.6) is 0 Å². The lowest BCUT2D eigenvalue weighted by atomic mass is 9.91. The summed E-state index contributed by atoms with van der Waals surface area (Å²) in [6.07, 6.45) is 8.89. The van der Waals surface area contributed by atoms with Crippen molar-refractivity contribution in [1.29, 1.82) is 0 Å². The highest BCUT2D eigenvalue weighted by atomic mass is 15.2. The molecule has 2 heteroatoms. The quantitative estimate of drug-likeness (QED) is 0.774. The van der Waals surface area contributed by atoms with Crippen LogP contribution in [0.2, 0.25) is 0 Å². The second-order valence-electron chi connectivity index (χ2n) is 6.77. The Morgan fingerprint density at radius 1 is 1.05 bits per heavy atom. The molecule has 1 aromatic carbocycles. The zero-order chi connectivity index (χ0) is 15.1. The Kier molecular flexibility index (Phi) is 6.25. The summed E-state index contributed by atoms with van der Waals surface area (Å²) in [6, 6.07) is 8.92. The first kappa shape index (κ1) is 16.5. The Hall–Kier alpha value is -0.860. The number of fused-ring (bicyclic) bond motifs is 1. The normalized spacial score (nSPS) is 18.8. The molecule has 0 spiro atoms. The number of nitrogens with zero attached hydrogens (tertiary/aromatic N) is 1. The molecule has 2 rings (SSSR count). The summed E-state index contributed by atoms with van der Waals surface area (Å²) in [4.78, 5) is 2.65. The average molecular weight is 288 g/mol. The molecule has 0 fully saturated rings. The van der Waals surface area contributed by atoms with Crippen LogP contribution in [-0.2, 0) is 12.8 Å². The monoisotopic (exact) mass is 288 g/mol. The summed E-state index contributed by atoms with van der Waals surface area (Å²) in [5.41, 5.74) is 9.41. The first-order chi connectivity index (χ1) is 10.2. The maximum Gasteiger partial charge on any atom is 0.0303 e. The molecule has 0 amide bonds. The Morgan fingerprint density at radius 2 is 1.67 bits per heavy atom. The van der Waals surface area contributed by atoms with Crippen molar-refractivity contribution in [2.45, 2.75) is 64.3 Å². The van der Waals surface area contributed by atoms with E-state index in [1.165, 1.54) is 56.1 Å². The van der Waals surface area contributed by atoms with Gasteiger partial charge in [0.25, 0.3) is 0 Å². The highest BCUT2D eigenvalue weighted by Gasteiger charge is 2.30. The van der Waals surface area contributed by atoms with Gasteiger partial charge in [-0.2, -0.15) is 0 Å². The van der Waals surface area contributed by atoms with Crippen LogP contribution >= 0.6 is 0 Å². The summed E-state index contributed by atoms with van der Waals surface area (Å²) >= 11 is 0. The van der Waals surface area contributed by atoms with E-state index in [0.717, 1.165) is 19.6 Å². The van der Waals surface area contributed by atoms with Crippen molar-refractivity contribution in [3.05, 3.63) is 35.4 Å². The van der Waals surface area contributed by atoms with E-state index >= 15 is 0 Å². The summed E-state index contributed by atoms with van der Waals surface area (Å²) in [6.45, 7) is 7.72. The third-order valence-electron chi connectivity index (χ3n) is 5.19. The van der Waals surface area contributed by atoms with Crippen molar-refractivity contribution in [3.8, 4) is 0 Å². The van der Waals surface area contributed by atoms with Gasteiger partial charge in [0.15, 0.2) is 0 Å². The average Bonchev–Trinajstić information content (AvgIpc) is 2.74. The zero-order valence-corrected chi connectivity index (χ0v) is 13.9. The van der Waals surface area contributed by atoms with Gasteiger partial charge in [-0.3, -0.25) is 4.90 Å². The van der Waals surface area contributed by atoms with Gasteiger partial charge in [0.1, 0.15) is 0 Å². The SMILES string of the molecule is CCCCCCC(C)(CN)N1CCc2ccccc2CC1. The number of rotatable bonds is 7. The van der Waals surface area contributed by atoms with E-state index in [9.17, 15) is 0 Å². The highest BCUT2D eigenvalue weighted by molar-refractivity contribution is 5.28. The lowest BCUT2D eigenvalue weighted by molar-refractivity contribution is 0.104. The van der Waals surface area contributed by atoms with Crippen LogP contribution in [0.4, 0.5) is 0 Å². The second-order valence-corrected chi connectivity index (χ2v) is 6.77. The molecule has 0 saturated carbocycles. The van der Waals surface area contributed by atoms with Gasteiger partial charge in [-0.05, 0) is 37.3 Å². The molecule has 0 aromatic heterocycles. The molecule has 0 saturated heterocycles. The molecule has 1 unspecified atom stereocenters. The summed E-state index contributed by atoms with van der Waals surface area (Å²) in [7, 11) is 0. The Labute approximate surface area is 130 Å². The molecule has 0 bridgehead atoms. The minimum atomic E-state index is 0.176. The lowest BCUT2D eigenvalue weighted by Gasteiger charge is -2.40. The molecule has 2 N–H and O–H groups in total. The van der Waals surface area contributed by atoms with Gasteiger partial charge in [-0.15, -0.1) is 0 Å². The van der Waals surface area contributed by atoms with Gasteiger partial charge >= 0.3 is 0 Å². The van der Waals surface area contributed by atoms with Crippen LogP contribution in [-0.4, -0.2) is 30.1 Å². The standard InChI is InChI=1S/C19H32N2/c1-3-4-5-8-13-19(2,16-20)21-14-11-17-9-6-7-10-18(17)12-15-21/h6-7,9-10H,3-5,8,11-16,20H2,1-2H3. The van der Waals surface area contributed by atoms with Gasteiger partial charge < -0.3 is 5.73 Å². The summed E-state index contributed by atoms with van der Waals surface area (Å²) in [5, 5.41) is 0. The molecule has 21 heavy (non-hydrogen) atoms. The van der Waals surface area contributed by atoms with Crippen molar-refractivity contribution >= 4 is 0 Å². The first-order valence-corrected chi connectivity index (χ1v) is 8.71. The van der Waals surface area contributed by atoms with Crippen LogP contribution in [0, 0.1) is 0 Å². The van der Waals surface area contributed by atoms with Crippen LogP contribution in [0.1, 0.15) is 57.1 Å². The van der Waals surface area contributed by atoms with Crippen molar-refractivity contribution in [3.63, 3.8) is 0 Å². The van der Waals surface area contributed by atoms with E-state index in [1.54, 1.807) is 0 Å². The Morgan fingerprint density at radius 3 is 2.19 bits per heavy atom. The van der Waals surface area contributed by atoms with E-state index in [1.807, 2.05) is 0 Å². The number of hydrogen-bond donors (Lipinski definition) is 1. The minimum Gasteiger partial charge on any atom is -0.329 e. The topological polar surface area (TPSA) is 29.3 Å². The third-order valence-corrected chi connectivity index (χ3v) is 5.19. The van der Waals surface area contributed by atoms with Gasteiger partial charge in [0, 0.05) is 25.2 Å². The lowest BCUT2D eigenvalue weighted by Crippen LogP contribution is -2.52. The molecule has 1 aliphatic heterocycles. The molecule has 1 aromatic rings. The van der Waals surface area contributed by atoms with Gasteiger partial charge in [0.2, 0.25) is 0 Å². The predicted octanol–water partition coefficient (Wildman–Crippen LogP) is 3.78. The van der Waals surface area contributed by atoms with Crippen molar-refractivity contribution < 1.29 is 0 Å². The molecule has 118 valence electrons. The largest absolute Gasteiger partial charge is 0.329 e. The molecule has 2 nitrogen and oxygen atoms in total. The Balaban J connectivity index is 1.96. The molecular weight excluding hydrogens is 256 g/mol. The number of benzene rings is 1. The molecule has 0 radical (unpaired) electrons. The fraction of sp³-hybridized carbons (Fsp3) is 0.684.